The van der Waals surface area contributed by atoms with Crippen LogP contribution in [0, 0.1) is 0 Å². The summed E-state index contributed by atoms with van der Waals surface area (Å²) in [5.41, 5.74) is 11.3. The summed E-state index contributed by atoms with van der Waals surface area (Å²) >= 11 is 0. The zero-order chi connectivity index (χ0) is 9.14. The predicted octanol–water partition coefficient (Wildman–Crippen LogP) is -1.06. The van der Waals surface area contributed by atoms with E-state index in [-0.39, 0.29) is 12.1 Å². The fourth-order valence-corrected chi connectivity index (χ4v) is 1.60. The Morgan fingerprint density at radius 2 is 1.67 bits per heavy atom. The van der Waals surface area contributed by atoms with Crippen molar-refractivity contribution in [1.82, 2.24) is 0 Å². The molecule has 0 heterocycles. The van der Waals surface area contributed by atoms with Crippen LogP contribution in [-0.4, -0.2) is 34.5 Å². The molecule has 0 radical (unpaired) electrons. The summed E-state index contributed by atoms with van der Waals surface area (Å²) < 4.78 is 0. The van der Waals surface area contributed by atoms with Crippen LogP contribution in [0.3, 0.4) is 0 Å². The van der Waals surface area contributed by atoms with Crippen molar-refractivity contribution in [1.29, 1.82) is 0 Å². The lowest BCUT2D eigenvalue weighted by Crippen LogP contribution is -2.43. The normalized spacial score (nSPS) is 45.0. The van der Waals surface area contributed by atoms with Crippen LogP contribution in [0.5, 0.6) is 0 Å². The second-order valence-corrected chi connectivity index (χ2v) is 3.69. The van der Waals surface area contributed by atoms with Gasteiger partial charge in [0.05, 0.1) is 12.2 Å². The summed E-state index contributed by atoms with van der Waals surface area (Å²) in [6.07, 6.45) is 1.53. The maximum atomic E-state index is 9.45. The van der Waals surface area contributed by atoms with Gasteiger partial charge in [-0.15, -0.1) is 0 Å². The lowest BCUT2D eigenvalue weighted by atomic mass is 9.90. The first kappa shape index (κ1) is 9.92. The quantitative estimate of drug-likeness (QED) is 0.376. The first-order chi connectivity index (χ1) is 5.59. The molecule has 0 aromatic heterocycles. The van der Waals surface area contributed by atoms with Crippen molar-refractivity contribution in [3.05, 3.63) is 0 Å². The van der Waals surface area contributed by atoms with Gasteiger partial charge in [-0.1, -0.05) is 0 Å². The Morgan fingerprint density at radius 1 is 1.00 bits per heavy atom. The molecule has 1 aliphatic rings. The molecule has 3 unspecified atom stereocenters. The average molecular weight is 174 g/mol. The maximum absolute atomic E-state index is 9.45. The zero-order valence-electron chi connectivity index (χ0n) is 7.19. The fraction of sp³-hybridized carbons (Fsp3) is 1.00. The van der Waals surface area contributed by atoms with Gasteiger partial charge in [0, 0.05) is 12.1 Å². The highest BCUT2D eigenvalue weighted by Crippen LogP contribution is 2.16. The molecule has 72 valence electrons. The van der Waals surface area contributed by atoms with Gasteiger partial charge in [0.1, 0.15) is 0 Å². The van der Waals surface area contributed by atoms with Gasteiger partial charge in [-0.05, 0) is 25.7 Å². The largest absolute Gasteiger partial charge is 0.393 e. The van der Waals surface area contributed by atoms with Gasteiger partial charge in [-0.3, -0.25) is 0 Å². The molecule has 0 amide bonds. The van der Waals surface area contributed by atoms with E-state index in [2.05, 4.69) is 0 Å². The zero-order valence-corrected chi connectivity index (χ0v) is 7.19. The molecule has 4 heteroatoms. The molecule has 0 bridgehead atoms. The summed E-state index contributed by atoms with van der Waals surface area (Å²) in [6, 6.07) is -0.354. The monoisotopic (exact) mass is 174 g/mol. The first-order valence-corrected chi connectivity index (χ1v) is 4.47. The highest BCUT2D eigenvalue weighted by Gasteiger charge is 2.24. The molecule has 0 aliphatic heterocycles. The minimum Gasteiger partial charge on any atom is -0.393 e. The van der Waals surface area contributed by atoms with Crippen LogP contribution in [0.15, 0.2) is 0 Å². The maximum Gasteiger partial charge on any atom is 0.0706 e. The van der Waals surface area contributed by atoms with Crippen molar-refractivity contribution < 1.29 is 10.2 Å². The van der Waals surface area contributed by atoms with Gasteiger partial charge in [0.15, 0.2) is 0 Å². The van der Waals surface area contributed by atoms with Crippen molar-refractivity contribution in [2.45, 2.75) is 50.0 Å². The molecular weight excluding hydrogens is 156 g/mol. The fourth-order valence-electron chi connectivity index (χ4n) is 1.60. The van der Waals surface area contributed by atoms with Crippen molar-refractivity contribution in [3.63, 3.8) is 0 Å². The third kappa shape index (κ3) is 2.71. The molecule has 0 saturated heterocycles. The molecule has 0 spiro atoms. The molecular formula is C8H18N2O2. The summed E-state index contributed by atoms with van der Waals surface area (Å²) in [5.74, 6) is 0. The van der Waals surface area contributed by atoms with Gasteiger partial charge >= 0.3 is 0 Å². The Balaban J connectivity index is 2.48. The van der Waals surface area contributed by atoms with Crippen LogP contribution < -0.4 is 11.5 Å². The molecule has 1 fully saturated rings. The third-order valence-electron chi connectivity index (χ3n) is 2.45. The second kappa shape index (κ2) is 4.18. The molecule has 6 N–H and O–H groups in total. The van der Waals surface area contributed by atoms with Crippen molar-refractivity contribution >= 4 is 0 Å². The SMILES string of the molecule is NC1CCC(O)CC(N)[C@H](O)C1. The van der Waals surface area contributed by atoms with E-state index < -0.39 is 12.2 Å². The van der Waals surface area contributed by atoms with Crippen LogP contribution in [-0.2, 0) is 0 Å². The Hall–Kier alpha value is -0.160. The van der Waals surface area contributed by atoms with E-state index in [0.29, 0.717) is 19.3 Å². The second-order valence-electron chi connectivity index (χ2n) is 3.69. The smallest absolute Gasteiger partial charge is 0.0706 e. The number of aliphatic hydroxyl groups is 2. The minimum atomic E-state index is -0.560. The van der Waals surface area contributed by atoms with Crippen molar-refractivity contribution in [3.8, 4) is 0 Å². The molecule has 4 atom stereocenters. The number of hydrogen-bond donors (Lipinski definition) is 4. The Bertz CT molecular complexity index is 127. The van der Waals surface area contributed by atoms with Gasteiger partial charge in [0.2, 0.25) is 0 Å². The summed E-state index contributed by atoms with van der Waals surface area (Å²) in [6.45, 7) is 0. The molecule has 1 rings (SSSR count). The standard InChI is InChI=1S/C8H18N2O2/c9-5-1-2-6(11)4-7(10)8(12)3-5/h5-8,11-12H,1-4,9-10H2/t5?,6?,7?,8-/m1/s1. The van der Waals surface area contributed by atoms with E-state index in [1.54, 1.807) is 0 Å². The molecule has 1 aliphatic carbocycles. The lowest BCUT2D eigenvalue weighted by molar-refractivity contribution is 0.0642. The number of nitrogens with two attached hydrogens (primary N) is 2. The minimum absolute atomic E-state index is 0.0269. The summed E-state index contributed by atoms with van der Waals surface area (Å²) in [4.78, 5) is 0. The van der Waals surface area contributed by atoms with E-state index in [1.807, 2.05) is 0 Å². The summed E-state index contributed by atoms with van der Waals surface area (Å²) in [7, 11) is 0. The van der Waals surface area contributed by atoms with Crippen molar-refractivity contribution in [2.24, 2.45) is 11.5 Å². The van der Waals surface area contributed by atoms with Crippen LogP contribution in [0.25, 0.3) is 0 Å². The van der Waals surface area contributed by atoms with E-state index in [0.717, 1.165) is 6.42 Å². The van der Waals surface area contributed by atoms with Gasteiger partial charge < -0.3 is 21.7 Å². The Labute approximate surface area is 72.6 Å². The first-order valence-electron chi connectivity index (χ1n) is 4.47. The van der Waals surface area contributed by atoms with E-state index in [9.17, 15) is 10.2 Å². The lowest BCUT2D eigenvalue weighted by Gasteiger charge is -2.27. The third-order valence-corrected chi connectivity index (χ3v) is 2.45. The number of hydrogen-bond acceptors (Lipinski definition) is 4. The summed E-state index contributed by atoms with van der Waals surface area (Å²) in [5, 5.41) is 18.8. The van der Waals surface area contributed by atoms with Gasteiger partial charge in [-0.2, -0.15) is 0 Å². The van der Waals surface area contributed by atoms with E-state index in [4.69, 9.17) is 11.5 Å². The molecule has 4 nitrogen and oxygen atoms in total. The van der Waals surface area contributed by atoms with E-state index >= 15 is 0 Å². The van der Waals surface area contributed by atoms with E-state index in [1.165, 1.54) is 0 Å². The topological polar surface area (TPSA) is 92.5 Å². The van der Waals surface area contributed by atoms with Crippen LogP contribution in [0.2, 0.25) is 0 Å². The van der Waals surface area contributed by atoms with Crippen LogP contribution >= 0.6 is 0 Å². The highest BCUT2D eigenvalue weighted by atomic mass is 16.3. The van der Waals surface area contributed by atoms with Crippen molar-refractivity contribution in [2.75, 3.05) is 0 Å². The van der Waals surface area contributed by atoms with Crippen LogP contribution in [0.1, 0.15) is 25.7 Å². The Morgan fingerprint density at radius 3 is 2.33 bits per heavy atom. The predicted molar refractivity (Wildman–Crippen MR) is 46.4 cm³/mol. The number of aliphatic hydroxyl groups excluding tert-OH is 2. The Kier molecular flexibility index (Phi) is 3.46. The molecule has 1 saturated carbocycles. The molecule has 0 aromatic carbocycles. The average Bonchev–Trinajstić information content (AvgIpc) is 1.99. The molecule has 12 heavy (non-hydrogen) atoms. The number of rotatable bonds is 0. The highest BCUT2D eigenvalue weighted by molar-refractivity contribution is 4.82. The molecule has 0 aromatic rings. The van der Waals surface area contributed by atoms with Gasteiger partial charge in [0.25, 0.3) is 0 Å². The van der Waals surface area contributed by atoms with Crippen LogP contribution in [0.4, 0.5) is 0 Å². The van der Waals surface area contributed by atoms with Gasteiger partial charge in [-0.25, -0.2) is 0 Å².